The molecule has 3 N–H and O–H groups in total. The van der Waals surface area contributed by atoms with Gasteiger partial charge >= 0.3 is 0 Å². The molecule has 1 aliphatic rings. The minimum Gasteiger partial charge on any atom is -0.351 e. The van der Waals surface area contributed by atoms with E-state index in [-0.39, 0.29) is 29.9 Å². The van der Waals surface area contributed by atoms with E-state index in [2.05, 4.69) is 17.2 Å². The third-order valence-corrected chi connectivity index (χ3v) is 5.82. The molecule has 1 aromatic heterocycles. The van der Waals surface area contributed by atoms with E-state index in [9.17, 15) is 13.2 Å². The third kappa shape index (κ3) is 3.82. The molecule has 1 saturated heterocycles. The van der Waals surface area contributed by atoms with Crippen molar-refractivity contribution in [1.29, 1.82) is 0 Å². The summed E-state index contributed by atoms with van der Waals surface area (Å²) < 4.78 is 22.7. The van der Waals surface area contributed by atoms with Crippen LogP contribution in [0, 0.1) is 17.8 Å². The highest BCUT2D eigenvalue weighted by atomic mass is 32.2. The van der Waals surface area contributed by atoms with Crippen molar-refractivity contribution >= 4 is 27.1 Å². The van der Waals surface area contributed by atoms with Gasteiger partial charge in [0.25, 0.3) is 5.91 Å². The zero-order chi connectivity index (χ0) is 14.6. The SMILES string of the molecule is NCC#Cc1ccsc1C(=O)NCC1CCS(=O)(=O)C1. The van der Waals surface area contributed by atoms with Crippen LogP contribution in [0.1, 0.15) is 21.7 Å². The van der Waals surface area contributed by atoms with E-state index >= 15 is 0 Å². The molecule has 0 radical (unpaired) electrons. The average Bonchev–Trinajstić information content (AvgIpc) is 2.99. The van der Waals surface area contributed by atoms with E-state index < -0.39 is 9.84 Å². The van der Waals surface area contributed by atoms with E-state index in [0.717, 1.165) is 0 Å². The Morgan fingerprint density at radius 2 is 2.35 bits per heavy atom. The van der Waals surface area contributed by atoms with Crippen molar-refractivity contribution in [2.75, 3.05) is 24.6 Å². The fourth-order valence-corrected chi connectivity index (χ4v) is 4.71. The van der Waals surface area contributed by atoms with Crippen molar-refractivity contribution in [2.24, 2.45) is 11.7 Å². The van der Waals surface area contributed by atoms with Gasteiger partial charge in [0.05, 0.1) is 18.1 Å². The summed E-state index contributed by atoms with van der Waals surface area (Å²) in [4.78, 5) is 12.6. The predicted molar refractivity (Wildman–Crippen MR) is 79.3 cm³/mol. The molecule has 0 aromatic carbocycles. The number of amides is 1. The summed E-state index contributed by atoms with van der Waals surface area (Å²) in [6.45, 7) is 0.635. The lowest BCUT2D eigenvalue weighted by atomic mass is 10.1. The van der Waals surface area contributed by atoms with Crippen molar-refractivity contribution in [2.45, 2.75) is 6.42 Å². The number of rotatable bonds is 3. The van der Waals surface area contributed by atoms with Crippen molar-refractivity contribution in [1.82, 2.24) is 5.32 Å². The van der Waals surface area contributed by atoms with Gasteiger partial charge in [-0.3, -0.25) is 4.79 Å². The standard InChI is InChI=1S/C13H16N2O3S2/c14-5-1-2-11-3-6-19-12(11)13(16)15-8-10-4-7-20(17,18)9-10/h3,6,10H,4-5,7-9,14H2,(H,15,16). The van der Waals surface area contributed by atoms with Crippen LogP contribution in [0.2, 0.25) is 0 Å². The highest BCUT2D eigenvalue weighted by Crippen LogP contribution is 2.19. The minimum atomic E-state index is -2.90. The first kappa shape index (κ1) is 15.0. The molecule has 2 heterocycles. The zero-order valence-corrected chi connectivity index (χ0v) is 12.5. The van der Waals surface area contributed by atoms with Gasteiger partial charge in [-0.1, -0.05) is 11.8 Å². The van der Waals surface area contributed by atoms with Gasteiger partial charge in [-0.05, 0) is 23.8 Å². The van der Waals surface area contributed by atoms with Crippen LogP contribution >= 0.6 is 11.3 Å². The van der Waals surface area contributed by atoms with Crippen molar-refractivity contribution in [3.05, 3.63) is 21.9 Å². The Morgan fingerprint density at radius 3 is 3.00 bits per heavy atom. The zero-order valence-electron chi connectivity index (χ0n) is 10.9. The molecular weight excluding hydrogens is 296 g/mol. The Labute approximate surface area is 122 Å². The maximum Gasteiger partial charge on any atom is 0.262 e. The number of sulfone groups is 1. The first-order valence-corrected chi connectivity index (χ1v) is 8.97. The van der Waals surface area contributed by atoms with Crippen LogP contribution in [0.3, 0.4) is 0 Å². The van der Waals surface area contributed by atoms with Gasteiger partial charge in [0.15, 0.2) is 9.84 Å². The van der Waals surface area contributed by atoms with Crippen LogP contribution in [0.5, 0.6) is 0 Å². The molecule has 0 bridgehead atoms. The second-order valence-electron chi connectivity index (χ2n) is 4.65. The van der Waals surface area contributed by atoms with Gasteiger partial charge < -0.3 is 11.1 Å². The number of nitrogens with one attached hydrogen (secondary N) is 1. The highest BCUT2D eigenvalue weighted by Gasteiger charge is 2.28. The molecule has 108 valence electrons. The maximum atomic E-state index is 12.1. The maximum absolute atomic E-state index is 12.1. The predicted octanol–water partition coefficient (Wildman–Crippen LogP) is 0.223. The van der Waals surface area contributed by atoms with Crippen LogP contribution < -0.4 is 11.1 Å². The molecule has 1 atom stereocenters. The quantitative estimate of drug-likeness (QED) is 0.782. The summed E-state index contributed by atoms with van der Waals surface area (Å²) in [5.41, 5.74) is 5.97. The van der Waals surface area contributed by atoms with Gasteiger partial charge in [0.2, 0.25) is 0 Å². The smallest absolute Gasteiger partial charge is 0.262 e. The van der Waals surface area contributed by atoms with Crippen LogP contribution in [0.4, 0.5) is 0 Å². The Morgan fingerprint density at radius 1 is 1.55 bits per heavy atom. The molecular formula is C13H16N2O3S2. The van der Waals surface area contributed by atoms with Gasteiger partial charge in [0, 0.05) is 12.1 Å². The van der Waals surface area contributed by atoms with E-state index in [4.69, 9.17) is 5.73 Å². The summed E-state index contributed by atoms with van der Waals surface area (Å²) in [7, 11) is -2.90. The first-order valence-electron chi connectivity index (χ1n) is 6.27. The molecule has 1 amide bonds. The van der Waals surface area contributed by atoms with E-state index in [1.165, 1.54) is 11.3 Å². The summed E-state index contributed by atoms with van der Waals surface area (Å²) >= 11 is 1.32. The van der Waals surface area contributed by atoms with Gasteiger partial charge in [0.1, 0.15) is 4.88 Å². The molecule has 0 aliphatic carbocycles. The van der Waals surface area contributed by atoms with Crippen LogP contribution in [0.15, 0.2) is 11.4 Å². The molecule has 5 nitrogen and oxygen atoms in total. The number of hydrogen-bond donors (Lipinski definition) is 2. The van der Waals surface area contributed by atoms with E-state index in [1.54, 1.807) is 11.4 Å². The third-order valence-electron chi connectivity index (χ3n) is 3.07. The fourth-order valence-electron chi connectivity index (χ4n) is 2.08. The van der Waals surface area contributed by atoms with Crippen molar-refractivity contribution in [3.63, 3.8) is 0 Å². The summed E-state index contributed by atoms with van der Waals surface area (Å²) in [5.74, 6) is 5.77. The lowest BCUT2D eigenvalue weighted by Crippen LogP contribution is -2.29. The molecule has 7 heteroatoms. The summed E-state index contributed by atoms with van der Waals surface area (Å²) in [6.07, 6.45) is 0.618. The van der Waals surface area contributed by atoms with E-state index in [0.29, 0.717) is 23.4 Å². The largest absolute Gasteiger partial charge is 0.351 e. The van der Waals surface area contributed by atoms with Crippen molar-refractivity contribution < 1.29 is 13.2 Å². The Balaban J connectivity index is 1.94. The molecule has 0 saturated carbocycles. The second-order valence-corrected chi connectivity index (χ2v) is 7.79. The summed E-state index contributed by atoms with van der Waals surface area (Å²) in [5, 5.41) is 4.59. The van der Waals surface area contributed by atoms with Gasteiger partial charge in [-0.15, -0.1) is 11.3 Å². The fraction of sp³-hybridized carbons (Fsp3) is 0.462. The number of carbonyl (C=O) groups is 1. The molecule has 1 unspecified atom stereocenters. The molecule has 20 heavy (non-hydrogen) atoms. The van der Waals surface area contributed by atoms with Crippen LogP contribution in [0.25, 0.3) is 0 Å². The number of hydrogen-bond acceptors (Lipinski definition) is 5. The van der Waals surface area contributed by atoms with E-state index in [1.807, 2.05) is 0 Å². The van der Waals surface area contributed by atoms with Gasteiger partial charge in [-0.2, -0.15) is 0 Å². The lowest BCUT2D eigenvalue weighted by molar-refractivity contribution is 0.0952. The van der Waals surface area contributed by atoms with Gasteiger partial charge in [-0.25, -0.2) is 8.42 Å². The summed E-state index contributed by atoms with van der Waals surface area (Å²) in [6, 6.07) is 1.78. The van der Waals surface area contributed by atoms with Crippen LogP contribution in [-0.2, 0) is 9.84 Å². The number of carbonyl (C=O) groups excluding carboxylic acids is 1. The monoisotopic (exact) mass is 312 g/mol. The molecule has 1 fully saturated rings. The second kappa shape index (κ2) is 6.39. The van der Waals surface area contributed by atoms with Crippen molar-refractivity contribution in [3.8, 4) is 11.8 Å². The first-order chi connectivity index (χ1) is 9.52. The van der Waals surface area contributed by atoms with Crippen LogP contribution in [-0.4, -0.2) is 38.9 Å². The number of thiophene rings is 1. The Hall–Kier alpha value is -1.36. The number of nitrogens with two attached hydrogens (primary N) is 1. The molecule has 2 rings (SSSR count). The molecule has 0 spiro atoms. The topological polar surface area (TPSA) is 89.3 Å². The Bertz CT molecular complexity index is 653. The highest BCUT2D eigenvalue weighted by molar-refractivity contribution is 7.91. The minimum absolute atomic E-state index is 0.0162. The normalized spacial score (nSPS) is 20.1. The average molecular weight is 312 g/mol. The Kier molecular flexibility index (Phi) is 4.81. The molecule has 1 aliphatic heterocycles. The molecule has 1 aromatic rings. The lowest BCUT2D eigenvalue weighted by Gasteiger charge is -2.08.